The van der Waals surface area contributed by atoms with Gasteiger partial charge < -0.3 is 4.98 Å². The lowest BCUT2D eigenvalue weighted by Crippen LogP contribution is -2.37. The number of hydrogen-bond acceptors (Lipinski definition) is 2. The number of H-pyrrole nitrogens is 1. The minimum absolute atomic E-state index is 0.00511. The third-order valence-corrected chi connectivity index (χ3v) is 6.06. The Bertz CT molecular complexity index is 907. The monoisotopic (exact) mass is 308 g/mol. The molecule has 3 nitrogen and oxygen atoms in total. The van der Waals surface area contributed by atoms with E-state index in [0.29, 0.717) is 5.39 Å². The number of aromatic nitrogens is 2. The Morgan fingerprint density at radius 1 is 1.09 bits per heavy atom. The van der Waals surface area contributed by atoms with Crippen molar-refractivity contribution in [2.24, 2.45) is 0 Å². The highest BCUT2D eigenvalue weighted by Crippen LogP contribution is 2.22. The van der Waals surface area contributed by atoms with Gasteiger partial charge in [-0.1, -0.05) is 43.0 Å². The molecule has 0 radical (unpaired) electrons. The highest BCUT2D eigenvalue weighted by atomic mass is 28.3. The number of aryl methyl sites for hydroxylation is 1. The molecule has 1 N–H and O–H groups in total. The van der Waals surface area contributed by atoms with Crippen molar-refractivity contribution in [2.75, 3.05) is 0 Å². The Morgan fingerprint density at radius 3 is 2.55 bits per heavy atom. The van der Waals surface area contributed by atoms with Gasteiger partial charge in [0.05, 0.1) is 19.0 Å². The Labute approximate surface area is 131 Å². The van der Waals surface area contributed by atoms with Crippen LogP contribution in [0.3, 0.4) is 0 Å². The average molecular weight is 308 g/mol. The van der Waals surface area contributed by atoms with Crippen molar-refractivity contribution in [1.82, 2.24) is 9.97 Å². The smallest absolute Gasteiger partial charge is 0.191 e. The molecule has 0 fully saturated rings. The quantitative estimate of drug-likeness (QED) is 0.737. The zero-order valence-corrected chi connectivity index (χ0v) is 14.4. The first-order chi connectivity index (χ1) is 10.4. The molecule has 0 aliphatic rings. The predicted molar refractivity (Wildman–Crippen MR) is 95.5 cm³/mol. The van der Waals surface area contributed by atoms with E-state index < -0.39 is 8.07 Å². The van der Waals surface area contributed by atoms with Gasteiger partial charge in [0, 0.05) is 29.7 Å². The molecule has 0 atom stereocenters. The molecule has 1 aromatic carbocycles. The van der Waals surface area contributed by atoms with Gasteiger partial charge in [0.25, 0.3) is 0 Å². The van der Waals surface area contributed by atoms with Gasteiger partial charge in [0.15, 0.2) is 5.43 Å². The fourth-order valence-corrected chi connectivity index (χ4v) is 3.90. The number of benzene rings is 1. The largest absolute Gasteiger partial charge is 0.354 e. The lowest BCUT2D eigenvalue weighted by atomic mass is 10.0. The fourth-order valence-electron chi connectivity index (χ4n) is 2.67. The first kappa shape index (κ1) is 14.7. The lowest BCUT2D eigenvalue weighted by Gasteiger charge is -2.18. The summed E-state index contributed by atoms with van der Waals surface area (Å²) in [5, 5.41) is 2.06. The van der Waals surface area contributed by atoms with E-state index in [1.165, 1.54) is 10.8 Å². The Kier molecular flexibility index (Phi) is 3.49. The molecule has 0 amide bonds. The molecule has 0 unspecified atom stereocenters. The molecule has 22 heavy (non-hydrogen) atoms. The number of rotatable bonds is 2. The van der Waals surface area contributed by atoms with Gasteiger partial charge in [-0.2, -0.15) is 0 Å². The van der Waals surface area contributed by atoms with Crippen LogP contribution in [0.5, 0.6) is 0 Å². The molecular weight excluding hydrogens is 288 g/mol. The minimum Gasteiger partial charge on any atom is -0.354 e. The number of hydrogen-bond donors (Lipinski definition) is 1. The topological polar surface area (TPSA) is 45.8 Å². The zero-order chi connectivity index (χ0) is 15.9. The molecule has 112 valence electrons. The average Bonchev–Trinajstić information content (AvgIpc) is 2.46. The number of pyridine rings is 2. The molecule has 0 spiro atoms. The van der Waals surface area contributed by atoms with E-state index >= 15 is 0 Å². The van der Waals surface area contributed by atoms with Crippen molar-refractivity contribution in [3.8, 4) is 11.3 Å². The van der Waals surface area contributed by atoms with Crippen LogP contribution in [0.4, 0.5) is 0 Å². The summed E-state index contributed by atoms with van der Waals surface area (Å²) in [5.74, 6) is 0. The molecule has 2 heterocycles. The minimum atomic E-state index is -1.32. The van der Waals surface area contributed by atoms with Gasteiger partial charge in [-0.15, -0.1) is 0 Å². The van der Waals surface area contributed by atoms with Crippen LogP contribution in [-0.2, 0) is 0 Å². The summed E-state index contributed by atoms with van der Waals surface area (Å²) < 4.78 is 0. The Morgan fingerprint density at radius 2 is 1.86 bits per heavy atom. The predicted octanol–water partition coefficient (Wildman–Crippen LogP) is 3.44. The molecule has 3 rings (SSSR count). The summed E-state index contributed by atoms with van der Waals surface area (Å²) in [5.41, 5.74) is 3.97. The maximum absolute atomic E-state index is 12.3. The van der Waals surface area contributed by atoms with E-state index in [1.807, 2.05) is 6.07 Å². The molecule has 0 aliphatic heterocycles. The van der Waals surface area contributed by atoms with Crippen molar-refractivity contribution in [3.05, 3.63) is 58.5 Å². The van der Waals surface area contributed by atoms with Crippen LogP contribution in [0.1, 0.15) is 5.56 Å². The van der Waals surface area contributed by atoms with Crippen LogP contribution in [0.25, 0.3) is 22.2 Å². The van der Waals surface area contributed by atoms with Gasteiger partial charge in [0.2, 0.25) is 0 Å². The molecule has 3 aromatic rings. The highest BCUT2D eigenvalue weighted by molar-refractivity contribution is 6.88. The van der Waals surface area contributed by atoms with Crippen LogP contribution in [0.2, 0.25) is 19.6 Å². The fraction of sp³-hybridized carbons (Fsp3) is 0.222. The molecule has 2 aromatic heterocycles. The zero-order valence-electron chi connectivity index (χ0n) is 13.4. The van der Waals surface area contributed by atoms with Crippen molar-refractivity contribution < 1.29 is 0 Å². The molecule has 0 bridgehead atoms. The lowest BCUT2D eigenvalue weighted by molar-refractivity contribution is 1.30. The maximum atomic E-state index is 12.3. The number of fused-ring (bicyclic) bond motifs is 1. The van der Waals surface area contributed by atoms with E-state index in [9.17, 15) is 4.79 Å². The number of nitrogens with zero attached hydrogens (tertiary/aromatic N) is 1. The van der Waals surface area contributed by atoms with Gasteiger partial charge in [-0.05, 0) is 18.6 Å². The van der Waals surface area contributed by atoms with E-state index in [2.05, 4.69) is 54.7 Å². The molecule has 4 heteroatoms. The molecular formula is C18H20N2OSi. The second kappa shape index (κ2) is 5.21. The standard InChI is InChI=1S/C18H20N2OSi/c1-12-9-13(22(2,3)4)5-6-14(12)17-10-18(21)15-11-19-8-7-16(15)20-17/h5-11H,1-4H3,(H,20,21). The Balaban J connectivity index is 2.18. The van der Waals surface area contributed by atoms with E-state index in [0.717, 1.165) is 16.8 Å². The first-order valence-electron chi connectivity index (χ1n) is 7.45. The van der Waals surface area contributed by atoms with Crippen LogP contribution >= 0.6 is 0 Å². The third kappa shape index (κ3) is 2.62. The normalized spacial score (nSPS) is 11.8. The van der Waals surface area contributed by atoms with Crippen molar-refractivity contribution in [1.29, 1.82) is 0 Å². The SMILES string of the molecule is Cc1cc([Si](C)(C)C)ccc1-c1cc(=O)c2cnccc2[nH]1. The third-order valence-electron chi connectivity index (χ3n) is 4.01. The molecule has 0 saturated heterocycles. The van der Waals surface area contributed by atoms with Gasteiger partial charge >= 0.3 is 0 Å². The van der Waals surface area contributed by atoms with Gasteiger partial charge in [-0.3, -0.25) is 9.78 Å². The van der Waals surface area contributed by atoms with Crippen LogP contribution in [0.15, 0.2) is 47.5 Å². The Hall–Kier alpha value is -2.20. The molecule has 0 aliphatic carbocycles. The second-order valence-corrected chi connectivity index (χ2v) is 11.8. The molecule has 0 saturated carbocycles. The van der Waals surface area contributed by atoms with Crippen LogP contribution in [0, 0.1) is 6.92 Å². The highest BCUT2D eigenvalue weighted by Gasteiger charge is 2.17. The van der Waals surface area contributed by atoms with Crippen molar-refractivity contribution in [2.45, 2.75) is 26.6 Å². The van der Waals surface area contributed by atoms with Gasteiger partial charge in [0.1, 0.15) is 0 Å². The number of aromatic amines is 1. The summed E-state index contributed by atoms with van der Waals surface area (Å²) in [6, 6.07) is 10.1. The summed E-state index contributed by atoms with van der Waals surface area (Å²) in [7, 11) is -1.32. The summed E-state index contributed by atoms with van der Waals surface area (Å²) >= 11 is 0. The first-order valence-corrected chi connectivity index (χ1v) is 10.9. The van der Waals surface area contributed by atoms with Crippen LogP contribution in [-0.4, -0.2) is 18.0 Å². The van der Waals surface area contributed by atoms with Gasteiger partial charge in [-0.25, -0.2) is 0 Å². The second-order valence-electron chi connectivity index (χ2n) is 6.75. The number of nitrogens with one attached hydrogen (secondary N) is 1. The maximum Gasteiger partial charge on any atom is 0.191 e. The summed E-state index contributed by atoms with van der Waals surface area (Å²) in [6.07, 6.45) is 3.31. The van der Waals surface area contributed by atoms with Crippen LogP contribution < -0.4 is 10.6 Å². The summed E-state index contributed by atoms with van der Waals surface area (Å²) in [6.45, 7) is 9.12. The van der Waals surface area contributed by atoms with E-state index in [4.69, 9.17) is 0 Å². The van der Waals surface area contributed by atoms with Crippen molar-refractivity contribution >= 4 is 24.2 Å². The van der Waals surface area contributed by atoms with Crippen molar-refractivity contribution in [3.63, 3.8) is 0 Å². The van der Waals surface area contributed by atoms with E-state index in [-0.39, 0.29) is 5.43 Å². The summed E-state index contributed by atoms with van der Waals surface area (Å²) in [4.78, 5) is 19.6. The van der Waals surface area contributed by atoms with E-state index in [1.54, 1.807) is 18.5 Å².